The molecule has 0 amide bonds. The SMILES string of the molecule is Fc1c(F)c(F)c([B-](c2c(F)c(F)c(F)c(F)c2F)(c2c(F)c(F)c(F)c(F)c2F)c2c(F)c(F)c(F)c(F)c2F)c(F)c1F.O=C(C[n+]1ccncc1C(=O)OC(Cl)(Cl)Cl)c1ccccc1. The van der Waals surface area contributed by atoms with Gasteiger partial charge in [-0.1, -0.05) is 30.3 Å². The molecule has 6 aromatic rings. The Labute approximate surface area is 372 Å². The highest BCUT2D eigenvalue weighted by atomic mass is 35.6. The first kappa shape index (κ1) is 51.8. The van der Waals surface area contributed by atoms with Crippen LogP contribution >= 0.6 is 34.8 Å². The Morgan fingerprint density at radius 3 is 1.04 bits per heavy atom. The third-order valence-corrected chi connectivity index (χ3v) is 9.60. The van der Waals surface area contributed by atoms with Crippen LogP contribution < -0.4 is 26.4 Å². The number of carbonyl (C=O) groups excluding carboxylic acids is 2. The van der Waals surface area contributed by atoms with Crippen molar-refractivity contribution in [2.45, 2.75) is 10.5 Å². The van der Waals surface area contributed by atoms with E-state index in [1.54, 1.807) is 30.3 Å². The lowest BCUT2D eigenvalue weighted by atomic mass is 9.12. The highest BCUT2D eigenvalue weighted by Crippen LogP contribution is 2.31. The third-order valence-electron chi connectivity index (χ3n) is 9.37. The molecule has 29 heteroatoms. The van der Waals surface area contributed by atoms with E-state index in [0.717, 1.165) is 0 Å². The molecule has 0 spiro atoms. The van der Waals surface area contributed by atoms with E-state index in [1.807, 2.05) is 0 Å². The number of halogens is 23. The Hall–Kier alpha value is -6.15. The van der Waals surface area contributed by atoms with E-state index in [0.29, 0.717) is 5.56 Å². The molecule has 0 aliphatic carbocycles. The van der Waals surface area contributed by atoms with Gasteiger partial charge in [0.25, 0.3) is 0 Å². The van der Waals surface area contributed by atoms with E-state index in [2.05, 4.69) is 9.72 Å². The van der Waals surface area contributed by atoms with E-state index in [9.17, 15) is 62.3 Å². The number of rotatable bonds is 8. The second kappa shape index (κ2) is 19.2. The highest BCUT2D eigenvalue weighted by molar-refractivity contribution is 7.20. The first-order chi connectivity index (χ1) is 31.1. The molecule has 5 nitrogen and oxygen atoms in total. The highest BCUT2D eigenvalue weighted by Gasteiger charge is 2.52. The molecule has 1 heterocycles. The number of esters is 1. The van der Waals surface area contributed by atoms with E-state index in [1.165, 1.54) is 23.2 Å². The first-order valence-corrected chi connectivity index (χ1v) is 18.2. The maximum atomic E-state index is 15.4. The summed E-state index contributed by atoms with van der Waals surface area (Å²) in [6, 6.07) is 8.68. The number of ether oxygens (including phenoxy) is 1. The van der Waals surface area contributed by atoms with Gasteiger partial charge < -0.3 is 4.74 Å². The van der Waals surface area contributed by atoms with Crippen LogP contribution in [0.25, 0.3) is 0 Å². The lowest BCUT2D eigenvalue weighted by molar-refractivity contribution is -0.686. The summed E-state index contributed by atoms with van der Waals surface area (Å²) in [6.07, 6.45) is -3.08. The molecule has 0 saturated heterocycles. The van der Waals surface area contributed by atoms with E-state index in [4.69, 9.17) is 34.8 Å². The Morgan fingerprint density at radius 2 is 0.761 bits per heavy atom. The lowest BCUT2D eigenvalue weighted by Crippen LogP contribution is -2.81. The number of alkyl halides is 3. The van der Waals surface area contributed by atoms with Gasteiger partial charge in [-0.3, -0.25) is 9.78 Å². The molecule has 0 radical (unpaired) electrons. The quantitative estimate of drug-likeness (QED) is 0.0224. The fourth-order valence-electron chi connectivity index (χ4n) is 6.60. The number of benzene rings is 5. The minimum absolute atomic E-state index is 0.00175. The molecule has 0 atom stereocenters. The smallest absolute Gasteiger partial charge is 0.406 e. The molecule has 67 heavy (non-hydrogen) atoms. The van der Waals surface area contributed by atoms with Crippen LogP contribution in [0.5, 0.6) is 0 Å². The van der Waals surface area contributed by atoms with Crippen molar-refractivity contribution in [3.63, 3.8) is 0 Å². The van der Waals surface area contributed by atoms with Crippen molar-refractivity contribution in [1.82, 2.24) is 4.98 Å². The summed E-state index contributed by atoms with van der Waals surface area (Å²) >= 11 is 16.3. The molecule has 5 aromatic carbocycles. The van der Waals surface area contributed by atoms with Crippen LogP contribution in [-0.4, -0.2) is 26.9 Å². The summed E-state index contributed by atoms with van der Waals surface area (Å²) in [5.74, 6) is -72.5. The fraction of sp³-hybridized carbons (Fsp3) is 0.0526. The number of hydrogen-bond acceptors (Lipinski definition) is 4. The maximum Gasteiger partial charge on any atom is 0.408 e. The Morgan fingerprint density at radius 1 is 0.478 bits per heavy atom. The van der Waals surface area contributed by atoms with Crippen molar-refractivity contribution in [2.75, 3.05) is 0 Å². The van der Waals surface area contributed by atoms with Crippen LogP contribution in [0.4, 0.5) is 87.8 Å². The van der Waals surface area contributed by atoms with Crippen LogP contribution in [-0.2, 0) is 11.3 Å². The molecule has 0 unspecified atom stereocenters. The van der Waals surface area contributed by atoms with Gasteiger partial charge in [0.15, 0.2) is 76.0 Å². The van der Waals surface area contributed by atoms with Crippen LogP contribution in [0.2, 0.25) is 0 Å². The fourth-order valence-corrected chi connectivity index (χ4v) is 6.81. The molecule has 0 fully saturated rings. The number of ketones is 1. The average Bonchev–Trinajstić information content (AvgIpc) is 3.29. The van der Waals surface area contributed by atoms with Gasteiger partial charge in [0.2, 0.25) is 12.3 Å². The number of hydrogen-bond donors (Lipinski definition) is 0. The summed E-state index contributed by atoms with van der Waals surface area (Å²) in [6.45, 7) is -0.0726. The molecule has 6 rings (SSSR count). The summed E-state index contributed by atoms with van der Waals surface area (Å²) in [7, 11) is 0. The van der Waals surface area contributed by atoms with E-state index < -0.39 is 154 Å². The Balaban J connectivity index is 0.000000319. The molecule has 0 bridgehead atoms. The Bertz CT molecular complexity index is 2640. The summed E-state index contributed by atoms with van der Waals surface area (Å²) < 4.78 is 298. The zero-order valence-electron chi connectivity index (χ0n) is 31.2. The summed E-state index contributed by atoms with van der Waals surface area (Å²) in [5.41, 5.74) is -13.8. The van der Waals surface area contributed by atoms with Gasteiger partial charge in [0.1, 0.15) is 58.9 Å². The zero-order valence-corrected chi connectivity index (χ0v) is 33.5. The normalized spacial score (nSPS) is 11.7. The van der Waals surface area contributed by atoms with Gasteiger partial charge in [-0.15, -0.1) is 21.9 Å². The van der Waals surface area contributed by atoms with Crippen LogP contribution in [0.15, 0.2) is 48.9 Å². The van der Waals surface area contributed by atoms with E-state index in [-0.39, 0.29) is 18.0 Å². The van der Waals surface area contributed by atoms with Gasteiger partial charge >= 0.3 is 15.6 Å². The topological polar surface area (TPSA) is 60.1 Å². The number of Topliss-reactive ketones (excluding diaryl/α,β-unsaturated/α-hetero) is 1. The first-order valence-electron chi connectivity index (χ1n) is 17.0. The van der Waals surface area contributed by atoms with Gasteiger partial charge in [0.05, 0.1) is 6.20 Å². The van der Waals surface area contributed by atoms with Crippen molar-refractivity contribution >= 4 is 74.6 Å². The molecule has 0 aliphatic heterocycles. The summed E-state index contributed by atoms with van der Waals surface area (Å²) in [4.78, 5) is 28.0. The molecule has 0 N–H and O–H groups in total. The zero-order chi connectivity index (χ0) is 50.5. The average molecular weight is 1040 g/mol. The van der Waals surface area contributed by atoms with Crippen molar-refractivity contribution in [2.24, 2.45) is 0 Å². The number of aromatic nitrogens is 2. The van der Waals surface area contributed by atoms with E-state index >= 15 is 35.1 Å². The Kier molecular flexibility index (Phi) is 14.9. The lowest BCUT2D eigenvalue weighted by Gasteiger charge is -2.44. The number of nitrogens with zero attached hydrogens (tertiary/aromatic N) is 2. The molecular weight excluding hydrogens is 1030 g/mol. The van der Waals surface area contributed by atoms with Crippen LogP contribution in [0.3, 0.4) is 0 Å². The maximum absolute atomic E-state index is 15.4. The predicted octanol–water partition coefficient (Wildman–Crippen LogP) is 8.58. The summed E-state index contributed by atoms with van der Waals surface area (Å²) in [5, 5.41) is 0. The molecule has 354 valence electrons. The second-order valence-corrected chi connectivity index (χ2v) is 15.2. The monoisotopic (exact) mass is 1040 g/mol. The standard InChI is InChI=1S/C24BF20.C14H10Cl3N2O3/c26-5-1(6(27)14(35)21(42)13(5)34)25(2-7(28)15(36)22(43)16(37)8(2)29,3-9(30)17(38)23(44)18(39)10(3)31)4-11(32)19(40)24(45)20(41)12(4)33;15-14(16,17)22-13(21)11-8-18-6-7-19(11)9-12(20)10-4-2-1-3-5-10/h;1-8H,9H2/q-1;+1. The second-order valence-electron chi connectivity index (χ2n) is 13.0. The minimum atomic E-state index is -7.22. The molecule has 0 aliphatic rings. The molecule has 0 saturated carbocycles. The van der Waals surface area contributed by atoms with Gasteiger partial charge in [-0.05, 0) is 34.8 Å². The predicted molar refractivity (Wildman–Crippen MR) is 190 cm³/mol. The van der Waals surface area contributed by atoms with Crippen molar-refractivity contribution in [3.8, 4) is 0 Å². The van der Waals surface area contributed by atoms with Crippen molar-refractivity contribution in [1.29, 1.82) is 0 Å². The van der Waals surface area contributed by atoms with Crippen molar-refractivity contribution in [3.05, 3.63) is 177 Å². The minimum Gasteiger partial charge on any atom is -0.406 e. The molecular formula is C38H10BCl3F20N2O3. The van der Waals surface area contributed by atoms with Gasteiger partial charge in [0, 0.05) is 5.56 Å². The van der Waals surface area contributed by atoms with Crippen molar-refractivity contribution < 1.29 is 107 Å². The number of carbonyl (C=O) groups is 2. The molecule has 1 aromatic heterocycles. The third kappa shape index (κ3) is 8.92. The van der Waals surface area contributed by atoms with Crippen LogP contribution in [0.1, 0.15) is 20.8 Å². The van der Waals surface area contributed by atoms with Gasteiger partial charge in [-0.2, -0.15) is 4.57 Å². The van der Waals surface area contributed by atoms with Gasteiger partial charge in [-0.25, -0.2) is 92.6 Å². The van der Waals surface area contributed by atoms with Crippen LogP contribution in [0, 0.1) is 116 Å². The largest absolute Gasteiger partial charge is 0.408 e.